The van der Waals surface area contributed by atoms with Crippen LogP contribution in [0, 0.1) is 5.82 Å². The largest absolute Gasteiger partial charge is 0.328 e. The number of thioether (sulfide) groups is 1. The van der Waals surface area contributed by atoms with E-state index in [1.54, 1.807) is 0 Å². The number of unbranched alkanes of at least 4 members (excludes halogenated alkanes) is 2. The predicted octanol–water partition coefficient (Wildman–Crippen LogP) is 5.25. The van der Waals surface area contributed by atoms with E-state index in [4.69, 9.17) is 11.6 Å². The number of hydrogen-bond acceptors (Lipinski definition) is 2. The molecule has 0 saturated carbocycles. The second kappa shape index (κ2) is 8.39. The van der Waals surface area contributed by atoms with Gasteiger partial charge in [0.1, 0.15) is 11.6 Å². The molecule has 0 aliphatic rings. The summed E-state index contributed by atoms with van der Waals surface area (Å²) in [5.74, 6) is 2.40. The van der Waals surface area contributed by atoms with E-state index in [9.17, 15) is 4.39 Å². The molecule has 0 aliphatic carbocycles. The third kappa shape index (κ3) is 4.36. The minimum Gasteiger partial charge on any atom is -0.328 e. The molecule has 0 saturated heterocycles. The lowest BCUT2D eigenvalue weighted by Gasteiger charge is -2.08. The maximum Gasteiger partial charge on any atom is 0.139 e. The van der Waals surface area contributed by atoms with E-state index in [0.29, 0.717) is 22.3 Å². The van der Waals surface area contributed by atoms with Crippen LogP contribution in [0.3, 0.4) is 0 Å². The molecule has 6 heteroatoms. The molecule has 0 fully saturated rings. The van der Waals surface area contributed by atoms with E-state index in [0.717, 1.165) is 24.3 Å². The van der Waals surface area contributed by atoms with E-state index >= 15 is 0 Å². The Morgan fingerprint density at radius 1 is 1.33 bits per heavy atom. The quantitative estimate of drug-likeness (QED) is 0.450. The van der Waals surface area contributed by atoms with Gasteiger partial charge in [-0.2, -0.15) is 11.8 Å². The zero-order chi connectivity index (χ0) is 15.2. The average Bonchev–Trinajstić information content (AvgIpc) is 2.77. The van der Waals surface area contributed by atoms with Gasteiger partial charge >= 0.3 is 0 Å². The summed E-state index contributed by atoms with van der Waals surface area (Å²) in [5, 5.41) is 0. The number of benzene rings is 1. The van der Waals surface area contributed by atoms with Crippen molar-refractivity contribution in [2.45, 2.75) is 32.2 Å². The standard InChI is InChI=1S/C15H19BrClFN2S/c1-21-8-4-2-3-7-20-14-9-11(16)12(18)10-13(14)19-15(20)5-6-17/h9-10H,2-8H2,1H3. The molecule has 1 heterocycles. The first-order valence-corrected chi connectivity index (χ1v) is 9.78. The monoisotopic (exact) mass is 392 g/mol. The number of imidazole rings is 1. The Morgan fingerprint density at radius 3 is 2.86 bits per heavy atom. The van der Waals surface area contributed by atoms with Gasteiger partial charge in [-0.1, -0.05) is 6.42 Å². The van der Waals surface area contributed by atoms with Crippen LogP contribution in [0.2, 0.25) is 0 Å². The molecular weight excluding hydrogens is 375 g/mol. The average molecular weight is 394 g/mol. The first kappa shape index (κ1) is 17.1. The van der Waals surface area contributed by atoms with Crippen molar-refractivity contribution in [2.75, 3.05) is 17.9 Å². The fourth-order valence-electron chi connectivity index (χ4n) is 2.39. The van der Waals surface area contributed by atoms with Crippen LogP contribution < -0.4 is 0 Å². The van der Waals surface area contributed by atoms with Crippen LogP contribution in [-0.4, -0.2) is 27.4 Å². The van der Waals surface area contributed by atoms with Crippen molar-refractivity contribution in [3.8, 4) is 0 Å². The van der Waals surface area contributed by atoms with Crippen LogP contribution in [0.15, 0.2) is 16.6 Å². The van der Waals surface area contributed by atoms with Crippen LogP contribution >= 0.6 is 39.3 Å². The van der Waals surface area contributed by atoms with Gasteiger partial charge in [-0.05, 0) is 46.8 Å². The van der Waals surface area contributed by atoms with E-state index in [1.807, 2.05) is 17.8 Å². The van der Waals surface area contributed by atoms with Gasteiger partial charge in [-0.3, -0.25) is 0 Å². The summed E-state index contributed by atoms with van der Waals surface area (Å²) >= 11 is 11.0. The number of nitrogens with zero attached hydrogens (tertiary/aromatic N) is 2. The van der Waals surface area contributed by atoms with Crippen LogP contribution in [-0.2, 0) is 13.0 Å². The maximum absolute atomic E-state index is 13.6. The lowest BCUT2D eigenvalue weighted by atomic mass is 10.2. The molecule has 1 aromatic heterocycles. The summed E-state index contributed by atoms with van der Waals surface area (Å²) in [6.45, 7) is 0.912. The number of hydrogen-bond donors (Lipinski definition) is 0. The SMILES string of the molecule is CSCCCCCn1c(CCCl)nc2cc(F)c(Br)cc21. The summed E-state index contributed by atoms with van der Waals surface area (Å²) in [6.07, 6.45) is 6.38. The molecule has 0 bridgehead atoms. The van der Waals surface area contributed by atoms with Gasteiger partial charge in [-0.15, -0.1) is 11.6 Å². The van der Waals surface area contributed by atoms with Gasteiger partial charge in [0.15, 0.2) is 0 Å². The molecule has 2 rings (SSSR count). The lowest BCUT2D eigenvalue weighted by Crippen LogP contribution is -2.05. The van der Waals surface area contributed by atoms with Gasteiger partial charge in [0.25, 0.3) is 0 Å². The van der Waals surface area contributed by atoms with Crippen LogP contribution in [0.25, 0.3) is 11.0 Å². The lowest BCUT2D eigenvalue weighted by molar-refractivity contribution is 0.595. The molecule has 0 spiro atoms. The van der Waals surface area contributed by atoms with E-state index in [1.165, 1.54) is 24.7 Å². The van der Waals surface area contributed by atoms with Crippen LogP contribution in [0.4, 0.5) is 4.39 Å². The first-order chi connectivity index (χ1) is 10.2. The Balaban J connectivity index is 2.21. The smallest absolute Gasteiger partial charge is 0.139 e. The molecular formula is C15H19BrClFN2S. The molecule has 0 amide bonds. The zero-order valence-corrected chi connectivity index (χ0v) is 15.2. The summed E-state index contributed by atoms with van der Waals surface area (Å²) in [4.78, 5) is 4.53. The minimum absolute atomic E-state index is 0.274. The minimum atomic E-state index is -0.274. The number of fused-ring (bicyclic) bond motifs is 1. The summed E-state index contributed by atoms with van der Waals surface area (Å²) < 4.78 is 16.3. The van der Waals surface area contributed by atoms with Crippen LogP contribution in [0.5, 0.6) is 0 Å². The second-order valence-electron chi connectivity index (χ2n) is 4.93. The molecule has 0 N–H and O–H groups in total. The molecule has 2 aromatic rings. The molecule has 0 unspecified atom stereocenters. The number of alkyl halides is 1. The predicted molar refractivity (Wildman–Crippen MR) is 94.0 cm³/mol. The Hall–Kier alpha value is -0.260. The molecule has 1 aromatic carbocycles. The van der Waals surface area contributed by atoms with Crippen molar-refractivity contribution >= 4 is 50.3 Å². The highest BCUT2D eigenvalue weighted by molar-refractivity contribution is 9.10. The number of halogens is 3. The van der Waals surface area contributed by atoms with Gasteiger partial charge in [0, 0.05) is 24.9 Å². The molecule has 116 valence electrons. The maximum atomic E-state index is 13.6. The Bertz CT molecular complexity index is 603. The number of rotatable bonds is 8. The normalized spacial score (nSPS) is 11.4. The first-order valence-electron chi connectivity index (χ1n) is 7.06. The highest BCUT2D eigenvalue weighted by atomic mass is 79.9. The fraction of sp³-hybridized carbons (Fsp3) is 0.533. The summed E-state index contributed by atoms with van der Waals surface area (Å²) in [5.41, 5.74) is 1.69. The van der Waals surface area contributed by atoms with Crippen molar-refractivity contribution in [3.63, 3.8) is 0 Å². The topological polar surface area (TPSA) is 17.8 Å². The Kier molecular flexibility index (Phi) is 6.83. The molecule has 21 heavy (non-hydrogen) atoms. The van der Waals surface area contributed by atoms with Gasteiger partial charge in [0.05, 0.1) is 15.5 Å². The molecule has 0 atom stereocenters. The van der Waals surface area contributed by atoms with Gasteiger partial charge < -0.3 is 4.57 Å². The van der Waals surface area contributed by atoms with E-state index in [2.05, 4.69) is 31.7 Å². The van der Waals surface area contributed by atoms with Crippen molar-refractivity contribution in [1.29, 1.82) is 0 Å². The molecule has 0 radical (unpaired) electrons. The highest BCUT2D eigenvalue weighted by Gasteiger charge is 2.13. The van der Waals surface area contributed by atoms with Crippen molar-refractivity contribution in [1.82, 2.24) is 9.55 Å². The van der Waals surface area contributed by atoms with Crippen molar-refractivity contribution < 1.29 is 4.39 Å². The molecule has 2 nitrogen and oxygen atoms in total. The van der Waals surface area contributed by atoms with Gasteiger partial charge in [0.2, 0.25) is 0 Å². The van der Waals surface area contributed by atoms with Crippen molar-refractivity contribution in [2.24, 2.45) is 0 Å². The summed E-state index contributed by atoms with van der Waals surface area (Å²) in [6, 6.07) is 3.30. The third-order valence-electron chi connectivity index (χ3n) is 3.42. The second-order valence-corrected chi connectivity index (χ2v) is 7.15. The summed E-state index contributed by atoms with van der Waals surface area (Å²) in [7, 11) is 0. The Morgan fingerprint density at radius 2 is 2.14 bits per heavy atom. The fourth-order valence-corrected chi connectivity index (χ4v) is 3.38. The number of aromatic nitrogens is 2. The van der Waals surface area contributed by atoms with Crippen molar-refractivity contribution in [3.05, 3.63) is 28.2 Å². The molecule has 0 aliphatic heterocycles. The van der Waals surface area contributed by atoms with Gasteiger partial charge in [-0.25, -0.2) is 9.37 Å². The Labute approximate surface area is 142 Å². The third-order valence-corrected chi connectivity index (χ3v) is 4.91. The van der Waals surface area contributed by atoms with Crippen LogP contribution in [0.1, 0.15) is 25.1 Å². The van der Waals surface area contributed by atoms with E-state index < -0.39 is 0 Å². The zero-order valence-electron chi connectivity index (χ0n) is 12.0. The highest BCUT2D eigenvalue weighted by Crippen LogP contribution is 2.25. The van der Waals surface area contributed by atoms with E-state index in [-0.39, 0.29) is 5.82 Å². The number of aryl methyl sites for hydroxylation is 2.